The minimum atomic E-state index is -0.240. The normalized spacial score (nSPS) is 23.9. The summed E-state index contributed by atoms with van der Waals surface area (Å²) >= 11 is 6.02. The molecule has 0 radical (unpaired) electrons. The van der Waals surface area contributed by atoms with E-state index in [-0.39, 0.29) is 5.82 Å². The molecule has 2 atom stereocenters. The minimum Gasteiger partial charge on any atom is -0.324 e. The molecule has 2 aromatic rings. The van der Waals surface area contributed by atoms with Crippen molar-refractivity contribution < 1.29 is 4.39 Å². The molecule has 1 saturated carbocycles. The molecule has 1 aliphatic carbocycles. The van der Waals surface area contributed by atoms with Crippen LogP contribution in [0, 0.1) is 11.7 Å². The second-order valence-corrected chi connectivity index (χ2v) is 5.86. The lowest BCUT2D eigenvalue weighted by Crippen LogP contribution is -2.19. The molecule has 102 valence electrons. The number of alkyl halides is 1. The van der Waals surface area contributed by atoms with Gasteiger partial charge in [-0.1, -0.05) is 19.8 Å². The van der Waals surface area contributed by atoms with E-state index in [4.69, 9.17) is 11.6 Å². The molecule has 0 N–H and O–H groups in total. The highest BCUT2D eigenvalue weighted by Crippen LogP contribution is 2.35. The molecule has 1 aliphatic rings. The first-order valence-electron chi connectivity index (χ1n) is 6.91. The van der Waals surface area contributed by atoms with Crippen LogP contribution in [0.3, 0.4) is 0 Å². The van der Waals surface area contributed by atoms with Crippen molar-refractivity contribution in [2.24, 2.45) is 5.92 Å². The second-order valence-electron chi connectivity index (χ2n) is 5.59. The van der Waals surface area contributed by atoms with Crippen molar-refractivity contribution >= 4 is 22.6 Å². The van der Waals surface area contributed by atoms with Crippen LogP contribution in [0.1, 0.15) is 44.5 Å². The monoisotopic (exact) mass is 280 g/mol. The summed E-state index contributed by atoms with van der Waals surface area (Å²) in [7, 11) is 0. The largest absolute Gasteiger partial charge is 0.324 e. The molecule has 1 fully saturated rings. The van der Waals surface area contributed by atoms with Crippen LogP contribution in [0.4, 0.5) is 4.39 Å². The van der Waals surface area contributed by atoms with Gasteiger partial charge in [-0.15, -0.1) is 11.6 Å². The number of halogens is 2. The van der Waals surface area contributed by atoms with Gasteiger partial charge in [0.2, 0.25) is 0 Å². The highest BCUT2D eigenvalue weighted by molar-refractivity contribution is 6.16. The standard InChI is InChI=1S/C15H18ClFN2/c1-10-3-2-4-12(7-10)19-14-6-5-11(17)8-13(14)18-15(19)9-16/h5-6,8,10,12H,2-4,7,9H2,1H3. The van der Waals surface area contributed by atoms with E-state index in [9.17, 15) is 4.39 Å². The molecule has 1 heterocycles. The van der Waals surface area contributed by atoms with Crippen LogP contribution in [0.5, 0.6) is 0 Å². The summed E-state index contributed by atoms with van der Waals surface area (Å²) in [6, 6.07) is 5.28. The Hall–Kier alpha value is -1.09. The molecule has 3 rings (SSSR count). The van der Waals surface area contributed by atoms with Gasteiger partial charge in [0.05, 0.1) is 16.9 Å². The Labute approximate surface area is 117 Å². The van der Waals surface area contributed by atoms with Gasteiger partial charge in [0.1, 0.15) is 11.6 Å². The second kappa shape index (κ2) is 5.12. The lowest BCUT2D eigenvalue weighted by molar-refractivity contribution is 0.283. The average Bonchev–Trinajstić information content (AvgIpc) is 2.76. The molecule has 0 saturated heterocycles. The fraction of sp³-hybridized carbons (Fsp3) is 0.533. The Bertz CT molecular complexity index is 593. The van der Waals surface area contributed by atoms with Crippen molar-refractivity contribution in [2.75, 3.05) is 0 Å². The van der Waals surface area contributed by atoms with E-state index >= 15 is 0 Å². The van der Waals surface area contributed by atoms with Crippen molar-refractivity contribution in [3.63, 3.8) is 0 Å². The van der Waals surface area contributed by atoms with Gasteiger partial charge in [-0.05, 0) is 30.9 Å². The molecule has 2 nitrogen and oxygen atoms in total. The minimum absolute atomic E-state index is 0.240. The van der Waals surface area contributed by atoms with Gasteiger partial charge in [0.15, 0.2) is 0 Å². The maximum Gasteiger partial charge on any atom is 0.125 e. The highest BCUT2D eigenvalue weighted by atomic mass is 35.5. The summed E-state index contributed by atoms with van der Waals surface area (Å²) in [6.07, 6.45) is 4.87. The number of hydrogen-bond donors (Lipinski definition) is 0. The van der Waals surface area contributed by atoms with Crippen LogP contribution in [0.2, 0.25) is 0 Å². The smallest absolute Gasteiger partial charge is 0.125 e. The zero-order chi connectivity index (χ0) is 13.4. The van der Waals surface area contributed by atoms with Gasteiger partial charge in [0, 0.05) is 12.1 Å². The Morgan fingerprint density at radius 3 is 3.00 bits per heavy atom. The third-order valence-corrected chi connectivity index (χ3v) is 4.36. The van der Waals surface area contributed by atoms with Crippen molar-refractivity contribution in [1.82, 2.24) is 9.55 Å². The van der Waals surface area contributed by atoms with E-state index in [1.54, 1.807) is 0 Å². The number of rotatable bonds is 2. The van der Waals surface area contributed by atoms with E-state index in [2.05, 4.69) is 16.5 Å². The van der Waals surface area contributed by atoms with Crippen molar-refractivity contribution in [1.29, 1.82) is 0 Å². The van der Waals surface area contributed by atoms with Crippen molar-refractivity contribution in [2.45, 2.75) is 44.5 Å². The first-order chi connectivity index (χ1) is 9.19. The molecule has 19 heavy (non-hydrogen) atoms. The third kappa shape index (κ3) is 2.36. The molecule has 2 unspecified atom stereocenters. The van der Waals surface area contributed by atoms with Crippen molar-refractivity contribution in [3.8, 4) is 0 Å². The molecule has 0 amide bonds. The van der Waals surface area contributed by atoms with Gasteiger partial charge < -0.3 is 4.57 Å². The summed E-state index contributed by atoms with van der Waals surface area (Å²) in [5.74, 6) is 1.73. The van der Waals surface area contributed by atoms with E-state index in [0.29, 0.717) is 17.4 Å². The van der Waals surface area contributed by atoms with Crippen LogP contribution in [0.15, 0.2) is 18.2 Å². The fourth-order valence-electron chi connectivity index (χ4n) is 3.26. The lowest BCUT2D eigenvalue weighted by Gasteiger charge is -2.29. The number of fused-ring (bicyclic) bond motifs is 1. The molecule has 1 aromatic carbocycles. The maximum absolute atomic E-state index is 13.3. The molecular weight excluding hydrogens is 263 g/mol. The zero-order valence-electron chi connectivity index (χ0n) is 11.1. The van der Waals surface area contributed by atoms with Gasteiger partial charge in [0.25, 0.3) is 0 Å². The Morgan fingerprint density at radius 1 is 1.42 bits per heavy atom. The van der Waals surface area contributed by atoms with E-state index in [1.807, 2.05) is 6.07 Å². The van der Waals surface area contributed by atoms with Gasteiger partial charge in [-0.25, -0.2) is 9.37 Å². The highest BCUT2D eigenvalue weighted by Gasteiger charge is 2.24. The first kappa shape index (κ1) is 12.9. The quantitative estimate of drug-likeness (QED) is 0.731. The first-order valence-corrected chi connectivity index (χ1v) is 7.45. The molecule has 1 aromatic heterocycles. The van der Waals surface area contributed by atoms with Crippen LogP contribution in [-0.4, -0.2) is 9.55 Å². The lowest BCUT2D eigenvalue weighted by atomic mass is 9.87. The zero-order valence-corrected chi connectivity index (χ0v) is 11.8. The molecular formula is C15H18ClFN2. The summed E-state index contributed by atoms with van der Waals surface area (Å²) < 4.78 is 15.5. The summed E-state index contributed by atoms with van der Waals surface area (Å²) in [5.41, 5.74) is 1.73. The van der Waals surface area contributed by atoms with Crippen molar-refractivity contribution in [3.05, 3.63) is 29.8 Å². The van der Waals surface area contributed by atoms with Gasteiger partial charge in [-0.2, -0.15) is 0 Å². The third-order valence-electron chi connectivity index (χ3n) is 4.12. The molecule has 0 bridgehead atoms. The number of hydrogen-bond acceptors (Lipinski definition) is 1. The van der Waals surface area contributed by atoms with Crippen LogP contribution in [0.25, 0.3) is 11.0 Å². The summed E-state index contributed by atoms with van der Waals surface area (Å²) in [4.78, 5) is 4.48. The van der Waals surface area contributed by atoms with Gasteiger partial charge >= 0.3 is 0 Å². The average molecular weight is 281 g/mol. The number of aromatic nitrogens is 2. The van der Waals surface area contributed by atoms with Gasteiger partial charge in [-0.3, -0.25) is 0 Å². The number of nitrogens with zero attached hydrogens (tertiary/aromatic N) is 2. The number of imidazole rings is 1. The maximum atomic E-state index is 13.3. The number of benzene rings is 1. The van der Waals surface area contributed by atoms with E-state index in [0.717, 1.165) is 30.1 Å². The van der Waals surface area contributed by atoms with Crippen LogP contribution < -0.4 is 0 Å². The van der Waals surface area contributed by atoms with E-state index < -0.39 is 0 Å². The molecule has 4 heteroatoms. The fourth-order valence-corrected chi connectivity index (χ4v) is 3.45. The molecule has 0 aliphatic heterocycles. The summed E-state index contributed by atoms with van der Waals surface area (Å²) in [5, 5.41) is 0. The SMILES string of the molecule is CC1CCCC(n2c(CCl)nc3cc(F)ccc32)C1. The summed E-state index contributed by atoms with van der Waals surface area (Å²) in [6.45, 7) is 2.30. The Morgan fingerprint density at radius 2 is 2.26 bits per heavy atom. The van der Waals surface area contributed by atoms with Crippen LogP contribution >= 0.6 is 11.6 Å². The van der Waals surface area contributed by atoms with E-state index in [1.165, 1.54) is 25.0 Å². The Balaban J connectivity index is 2.10. The predicted molar refractivity (Wildman–Crippen MR) is 75.9 cm³/mol. The topological polar surface area (TPSA) is 17.8 Å². The van der Waals surface area contributed by atoms with Crippen LogP contribution in [-0.2, 0) is 5.88 Å². The molecule has 0 spiro atoms. The predicted octanol–water partition coefficient (Wildman–Crippen LogP) is 4.67. The Kier molecular flexibility index (Phi) is 3.48.